The highest BCUT2D eigenvalue weighted by atomic mass is 35.5. The van der Waals surface area contributed by atoms with Gasteiger partial charge in [0.25, 0.3) is 5.56 Å². The van der Waals surface area contributed by atoms with Crippen molar-refractivity contribution in [3.05, 3.63) is 56.6 Å². The second-order valence-electron chi connectivity index (χ2n) is 4.43. The van der Waals surface area contributed by atoms with Gasteiger partial charge in [0.15, 0.2) is 0 Å². The summed E-state index contributed by atoms with van der Waals surface area (Å²) in [4.78, 5) is 16.8. The van der Waals surface area contributed by atoms with Crippen molar-refractivity contribution in [1.82, 2.24) is 14.8 Å². The quantitative estimate of drug-likeness (QED) is 0.584. The van der Waals surface area contributed by atoms with Crippen LogP contribution >= 0.6 is 22.9 Å². The Morgan fingerprint density at radius 3 is 2.90 bits per heavy atom. The Hall–Kier alpha value is -2.11. The van der Waals surface area contributed by atoms with Gasteiger partial charge in [0, 0.05) is 17.0 Å². The van der Waals surface area contributed by atoms with Gasteiger partial charge >= 0.3 is 0 Å². The van der Waals surface area contributed by atoms with E-state index in [0.29, 0.717) is 9.72 Å². The first-order valence-electron chi connectivity index (χ1n) is 5.97. The molecule has 0 radical (unpaired) electrons. The standard InChI is InChI=1S/C14H8ClN3OS/c15-12-5-8(7-20-12)18-14(19)10-6-16-11-4-2-1-3-9(11)13(10)17-18/h1-7,17H. The third-order valence-corrected chi connectivity index (χ3v) is 4.32. The molecular weight excluding hydrogens is 294 g/mol. The summed E-state index contributed by atoms with van der Waals surface area (Å²) in [6, 6.07) is 9.49. The Morgan fingerprint density at radius 2 is 2.10 bits per heavy atom. The van der Waals surface area contributed by atoms with Gasteiger partial charge in [-0.2, -0.15) is 0 Å². The summed E-state index contributed by atoms with van der Waals surface area (Å²) in [5.41, 5.74) is 2.28. The fourth-order valence-electron chi connectivity index (χ4n) is 2.31. The molecule has 0 aliphatic rings. The minimum atomic E-state index is -0.118. The van der Waals surface area contributed by atoms with E-state index in [-0.39, 0.29) is 5.56 Å². The molecule has 98 valence electrons. The van der Waals surface area contributed by atoms with Gasteiger partial charge in [-0.05, 0) is 12.1 Å². The normalized spacial score (nSPS) is 11.4. The fraction of sp³-hybridized carbons (Fsp3) is 0. The number of thiophene rings is 1. The average Bonchev–Trinajstić information content (AvgIpc) is 3.03. The Morgan fingerprint density at radius 1 is 1.25 bits per heavy atom. The molecule has 0 atom stereocenters. The number of aromatic nitrogens is 3. The lowest BCUT2D eigenvalue weighted by atomic mass is 10.2. The van der Waals surface area contributed by atoms with Crippen molar-refractivity contribution in [3.8, 4) is 5.69 Å². The summed E-state index contributed by atoms with van der Waals surface area (Å²) in [6.45, 7) is 0. The van der Waals surface area contributed by atoms with Crippen molar-refractivity contribution in [3.63, 3.8) is 0 Å². The predicted octanol–water partition coefficient (Wildman–Crippen LogP) is 3.58. The van der Waals surface area contributed by atoms with Crippen LogP contribution in [0.25, 0.3) is 27.5 Å². The van der Waals surface area contributed by atoms with E-state index in [1.165, 1.54) is 16.0 Å². The summed E-state index contributed by atoms with van der Waals surface area (Å²) >= 11 is 7.32. The minimum Gasteiger partial charge on any atom is -0.290 e. The molecule has 1 aromatic carbocycles. The number of pyridine rings is 1. The van der Waals surface area contributed by atoms with Gasteiger partial charge in [0.1, 0.15) is 0 Å². The van der Waals surface area contributed by atoms with Gasteiger partial charge in [-0.15, -0.1) is 11.3 Å². The number of hydrogen-bond donors (Lipinski definition) is 1. The number of rotatable bonds is 1. The zero-order valence-corrected chi connectivity index (χ0v) is 11.7. The Kier molecular flexibility index (Phi) is 2.45. The number of hydrogen-bond acceptors (Lipinski definition) is 3. The SMILES string of the molecule is O=c1c2cnc3ccccc3c2[nH]n1-c1csc(Cl)c1. The number of nitrogens with one attached hydrogen (secondary N) is 1. The van der Waals surface area contributed by atoms with Crippen LogP contribution in [0.3, 0.4) is 0 Å². The van der Waals surface area contributed by atoms with E-state index >= 15 is 0 Å². The lowest BCUT2D eigenvalue weighted by molar-refractivity contribution is 0.869. The van der Waals surface area contributed by atoms with Crippen LogP contribution in [0.4, 0.5) is 0 Å². The summed E-state index contributed by atoms with van der Waals surface area (Å²) in [5.74, 6) is 0. The van der Waals surface area contributed by atoms with E-state index < -0.39 is 0 Å². The third-order valence-electron chi connectivity index (χ3n) is 3.24. The highest BCUT2D eigenvalue weighted by molar-refractivity contribution is 7.14. The zero-order valence-electron chi connectivity index (χ0n) is 10.1. The molecule has 0 aliphatic carbocycles. The van der Waals surface area contributed by atoms with Crippen molar-refractivity contribution in [2.45, 2.75) is 0 Å². The molecule has 0 saturated heterocycles. The molecule has 0 unspecified atom stereocenters. The van der Waals surface area contributed by atoms with Crippen molar-refractivity contribution in [1.29, 1.82) is 0 Å². The van der Waals surface area contributed by atoms with E-state index in [2.05, 4.69) is 10.1 Å². The lowest BCUT2D eigenvalue weighted by Gasteiger charge is -1.97. The van der Waals surface area contributed by atoms with Crippen LogP contribution in [0.15, 0.2) is 46.7 Å². The Labute approximate surface area is 122 Å². The van der Waals surface area contributed by atoms with E-state index in [9.17, 15) is 4.79 Å². The van der Waals surface area contributed by atoms with Gasteiger partial charge in [0.05, 0.1) is 26.4 Å². The summed E-state index contributed by atoms with van der Waals surface area (Å²) in [5, 5.41) is 6.50. The van der Waals surface area contributed by atoms with Gasteiger partial charge in [0.2, 0.25) is 0 Å². The molecule has 4 aromatic rings. The van der Waals surface area contributed by atoms with Gasteiger partial charge in [-0.25, -0.2) is 4.68 Å². The van der Waals surface area contributed by atoms with Gasteiger partial charge < -0.3 is 0 Å². The zero-order chi connectivity index (χ0) is 13.7. The number of nitrogens with zero attached hydrogens (tertiary/aromatic N) is 2. The minimum absolute atomic E-state index is 0.118. The second-order valence-corrected chi connectivity index (χ2v) is 5.97. The van der Waals surface area contributed by atoms with Crippen molar-refractivity contribution in [2.75, 3.05) is 0 Å². The van der Waals surface area contributed by atoms with Crippen molar-refractivity contribution < 1.29 is 0 Å². The van der Waals surface area contributed by atoms with Crippen LogP contribution in [-0.4, -0.2) is 14.8 Å². The molecule has 1 N–H and O–H groups in total. The predicted molar refractivity (Wildman–Crippen MR) is 82.1 cm³/mol. The number of fused-ring (bicyclic) bond motifs is 3. The maximum Gasteiger partial charge on any atom is 0.280 e. The summed E-state index contributed by atoms with van der Waals surface area (Å²) < 4.78 is 2.15. The van der Waals surface area contributed by atoms with E-state index in [0.717, 1.165) is 22.1 Å². The molecule has 0 saturated carbocycles. The number of benzene rings is 1. The number of halogens is 1. The molecule has 4 rings (SSSR count). The smallest absolute Gasteiger partial charge is 0.280 e. The molecular formula is C14H8ClN3OS. The third kappa shape index (κ3) is 1.60. The second kappa shape index (κ2) is 4.19. The van der Waals surface area contributed by atoms with Crippen LogP contribution in [0.5, 0.6) is 0 Å². The lowest BCUT2D eigenvalue weighted by Crippen LogP contribution is -2.13. The number of H-pyrrole nitrogens is 1. The van der Waals surface area contributed by atoms with Crippen LogP contribution < -0.4 is 5.56 Å². The molecule has 0 bridgehead atoms. The molecule has 3 aromatic heterocycles. The maximum atomic E-state index is 12.4. The maximum absolute atomic E-state index is 12.4. The number of para-hydroxylation sites is 1. The van der Waals surface area contributed by atoms with Gasteiger partial charge in [-0.1, -0.05) is 29.8 Å². The van der Waals surface area contributed by atoms with Gasteiger partial charge in [-0.3, -0.25) is 14.9 Å². The van der Waals surface area contributed by atoms with Crippen LogP contribution in [-0.2, 0) is 0 Å². The molecule has 6 heteroatoms. The number of aromatic amines is 1. The average molecular weight is 302 g/mol. The van der Waals surface area contributed by atoms with Crippen LogP contribution in [0.1, 0.15) is 0 Å². The molecule has 20 heavy (non-hydrogen) atoms. The largest absolute Gasteiger partial charge is 0.290 e. The Bertz CT molecular complexity index is 998. The first-order chi connectivity index (χ1) is 9.74. The first kappa shape index (κ1) is 11.7. The van der Waals surface area contributed by atoms with E-state index in [4.69, 9.17) is 11.6 Å². The van der Waals surface area contributed by atoms with Crippen molar-refractivity contribution >= 4 is 44.7 Å². The molecule has 0 fully saturated rings. The molecule has 0 aliphatic heterocycles. The van der Waals surface area contributed by atoms with E-state index in [1.54, 1.807) is 12.3 Å². The fourth-order valence-corrected chi connectivity index (χ4v) is 3.15. The topological polar surface area (TPSA) is 50.7 Å². The van der Waals surface area contributed by atoms with Crippen LogP contribution in [0, 0.1) is 0 Å². The van der Waals surface area contributed by atoms with E-state index in [1.807, 2.05) is 29.6 Å². The molecule has 0 spiro atoms. The molecule has 0 amide bonds. The molecule has 3 heterocycles. The summed E-state index contributed by atoms with van der Waals surface area (Å²) in [7, 11) is 0. The first-order valence-corrected chi connectivity index (χ1v) is 7.23. The Balaban J connectivity index is 2.12. The highest BCUT2D eigenvalue weighted by Gasteiger charge is 2.12. The van der Waals surface area contributed by atoms with Crippen LogP contribution in [0.2, 0.25) is 4.34 Å². The highest BCUT2D eigenvalue weighted by Crippen LogP contribution is 2.24. The van der Waals surface area contributed by atoms with Crippen molar-refractivity contribution in [2.24, 2.45) is 0 Å². The molecule has 4 nitrogen and oxygen atoms in total. The monoisotopic (exact) mass is 301 g/mol. The summed E-state index contributed by atoms with van der Waals surface area (Å²) in [6.07, 6.45) is 1.61.